The van der Waals surface area contributed by atoms with E-state index in [2.05, 4.69) is 0 Å². The van der Waals surface area contributed by atoms with E-state index in [0.717, 1.165) is 18.2 Å². The molecular weight excluding hydrogens is 600 g/mol. The predicted octanol–water partition coefficient (Wildman–Crippen LogP) is 5.07. The van der Waals surface area contributed by atoms with Crippen molar-refractivity contribution >= 4 is 28.8 Å². The fourth-order valence-corrected chi connectivity index (χ4v) is 4.96. The molecule has 234 valence electrons. The number of phenolic OH excluding ortho intramolecular Hbond substituents is 8. The lowest BCUT2D eigenvalue weighted by atomic mass is 9.91. The van der Waals surface area contributed by atoms with Gasteiger partial charge < -0.3 is 50.7 Å². The van der Waals surface area contributed by atoms with E-state index < -0.39 is 64.7 Å². The van der Waals surface area contributed by atoms with Crippen LogP contribution in [0.1, 0.15) is 11.1 Å². The van der Waals surface area contributed by atoms with Crippen molar-refractivity contribution in [2.45, 2.75) is 12.5 Å². The minimum Gasteiger partial charge on any atom is -0.508 e. The van der Waals surface area contributed by atoms with Crippen molar-refractivity contribution in [3.8, 4) is 68.2 Å². The molecule has 12 heteroatoms. The summed E-state index contributed by atoms with van der Waals surface area (Å²) in [5.41, 5.74) is 2.16. The summed E-state index contributed by atoms with van der Waals surface area (Å²) in [5.74, 6) is -6.59. The Morgan fingerprint density at radius 1 is 0.652 bits per heavy atom. The Kier molecular flexibility index (Phi) is 8.20. The Hall–Kier alpha value is -6.56. The van der Waals surface area contributed by atoms with Crippen LogP contribution >= 0.6 is 0 Å². The standard InChI is InChI=1S/C34H26O12/c35-20-3-1-2-17(11-20)23-14-25(36)26(37)15-24(23)18-4-6-21-22(12-18)19(13-29(40)32(21)42)5-7-31(41)46-30(34(44)45)10-16-8-27(38)33(43)28(39)9-16/h1-9,11-15,30,35-40,42-43H,10H2,(H,44,45). The Morgan fingerprint density at radius 3 is 1.87 bits per heavy atom. The average Bonchev–Trinajstić information content (AvgIpc) is 3.01. The summed E-state index contributed by atoms with van der Waals surface area (Å²) in [7, 11) is 0. The number of rotatable bonds is 8. The molecule has 1 unspecified atom stereocenters. The van der Waals surface area contributed by atoms with E-state index >= 15 is 0 Å². The van der Waals surface area contributed by atoms with Crippen LogP contribution < -0.4 is 0 Å². The summed E-state index contributed by atoms with van der Waals surface area (Å²) in [6.07, 6.45) is -0.0572. The van der Waals surface area contributed by atoms with Gasteiger partial charge in [-0.1, -0.05) is 18.2 Å². The Morgan fingerprint density at radius 2 is 1.26 bits per heavy atom. The molecule has 0 aliphatic carbocycles. The van der Waals surface area contributed by atoms with Crippen molar-refractivity contribution in [3.05, 3.63) is 90.0 Å². The molecule has 5 aromatic carbocycles. The monoisotopic (exact) mass is 626 g/mol. The number of carbonyl (C=O) groups is 2. The van der Waals surface area contributed by atoms with Gasteiger partial charge in [0.1, 0.15) is 5.75 Å². The molecule has 0 saturated carbocycles. The maximum atomic E-state index is 12.7. The largest absolute Gasteiger partial charge is 0.508 e. The Labute approximate surface area is 259 Å². The van der Waals surface area contributed by atoms with Crippen LogP contribution in [-0.2, 0) is 20.7 Å². The van der Waals surface area contributed by atoms with Crippen molar-refractivity contribution in [2.24, 2.45) is 0 Å². The summed E-state index contributed by atoms with van der Waals surface area (Å²) in [4.78, 5) is 24.5. The van der Waals surface area contributed by atoms with Crippen LogP contribution in [0, 0.1) is 0 Å². The van der Waals surface area contributed by atoms with Gasteiger partial charge in [0.25, 0.3) is 0 Å². The maximum absolute atomic E-state index is 12.7. The molecule has 5 aromatic rings. The van der Waals surface area contributed by atoms with Crippen LogP contribution in [0.15, 0.2) is 78.9 Å². The van der Waals surface area contributed by atoms with Gasteiger partial charge in [0, 0.05) is 17.9 Å². The summed E-state index contributed by atoms with van der Waals surface area (Å²) in [6.45, 7) is 0. The third kappa shape index (κ3) is 6.21. The topological polar surface area (TPSA) is 225 Å². The molecule has 0 aromatic heterocycles. The van der Waals surface area contributed by atoms with Crippen molar-refractivity contribution in [3.63, 3.8) is 0 Å². The number of fused-ring (bicyclic) bond motifs is 1. The van der Waals surface area contributed by atoms with E-state index in [1.807, 2.05) is 0 Å². The number of phenols is 8. The maximum Gasteiger partial charge on any atom is 0.345 e. The van der Waals surface area contributed by atoms with Crippen molar-refractivity contribution in [1.29, 1.82) is 0 Å². The molecule has 9 N–H and O–H groups in total. The molecule has 0 fully saturated rings. The van der Waals surface area contributed by atoms with Crippen LogP contribution in [0.3, 0.4) is 0 Å². The van der Waals surface area contributed by atoms with E-state index in [-0.39, 0.29) is 22.3 Å². The fraction of sp³-hybridized carbons (Fsp3) is 0.0588. The number of benzene rings is 5. The van der Waals surface area contributed by atoms with Gasteiger partial charge in [0.2, 0.25) is 6.10 Å². The first-order valence-electron chi connectivity index (χ1n) is 13.5. The van der Waals surface area contributed by atoms with Gasteiger partial charge in [-0.05, 0) is 99.4 Å². The van der Waals surface area contributed by atoms with Crippen molar-refractivity contribution < 1.29 is 60.3 Å². The van der Waals surface area contributed by atoms with Gasteiger partial charge in [-0.3, -0.25) is 0 Å². The first-order chi connectivity index (χ1) is 21.8. The van der Waals surface area contributed by atoms with Gasteiger partial charge >= 0.3 is 11.9 Å². The molecule has 5 rings (SSSR count). The highest BCUT2D eigenvalue weighted by Gasteiger charge is 2.23. The minimum absolute atomic E-state index is 0.0290. The smallest absolute Gasteiger partial charge is 0.345 e. The molecule has 0 radical (unpaired) electrons. The second-order valence-electron chi connectivity index (χ2n) is 10.3. The molecule has 0 heterocycles. The van der Waals surface area contributed by atoms with E-state index in [4.69, 9.17) is 4.74 Å². The van der Waals surface area contributed by atoms with E-state index in [1.165, 1.54) is 42.5 Å². The number of hydrogen-bond donors (Lipinski definition) is 9. The molecule has 12 nitrogen and oxygen atoms in total. The Bertz CT molecular complexity index is 2020. The summed E-state index contributed by atoms with van der Waals surface area (Å²) < 4.78 is 5.07. The number of ether oxygens (including phenoxy) is 1. The molecule has 0 bridgehead atoms. The zero-order valence-corrected chi connectivity index (χ0v) is 23.6. The third-order valence-electron chi connectivity index (χ3n) is 7.19. The zero-order valence-electron chi connectivity index (χ0n) is 23.6. The van der Waals surface area contributed by atoms with Crippen LogP contribution in [0.25, 0.3) is 39.1 Å². The number of aliphatic carboxylic acids is 1. The van der Waals surface area contributed by atoms with Crippen LogP contribution in [0.4, 0.5) is 0 Å². The van der Waals surface area contributed by atoms with E-state index in [9.17, 15) is 55.5 Å². The molecule has 0 saturated heterocycles. The number of carboxylic acids is 1. The second kappa shape index (κ2) is 12.2. The van der Waals surface area contributed by atoms with Crippen molar-refractivity contribution in [1.82, 2.24) is 0 Å². The van der Waals surface area contributed by atoms with Gasteiger partial charge in [-0.25, -0.2) is 9.59 Å². The third-order valence-corrected chi connectivity index (χ3v) is 7.19. The molecule has 0 amide bonds. The average molecular weight is 627 g/mol. The number of aromatic hydroxyl groups is 8. The molecule has 0 spiro atoms. The summed E-state index contributed by atoms with van der Waals surface area (Å²) >= 11 is 0. The Balaban J connectivity index is 1.51. The highest BCUT2D eigenvalue weighted by molar-refractivity contribution is 6.02. The van der Waals surface area contributed by atoms with E-state index in [0.29, 0.717) is 27.6 Å². The van der Waals surface area contributed by atoms with Crippen LogP contribution in [-0.4, -0.2) is 64.0 Å². The lowest BCUT2D eigenvalue weighted by molar-refractivity contribution is -0.160. The number of carboxylic acid groups (broad SMARTS) is 1. The number of hydrogen-bond acceptors (Lipinski definition) is 11. The van der Waals surface area contributed by atoms with Gasteiger partial charge in [-0.15, -0.1) is 0 Å². The zero-order chi connectivity index (χ0) is 33.3. The summed E-state index contributed by atoms with van der Waals surface area (Å²) in [6, 6.07) is 16.8. The van der Waals surface area contributed by atoms with Crippen LogP contribution in [0.5, 0.6) is 46.0 Å². The molecule has 1 atom stereocenters. The van der Waals surface area contributed by atoms with Gasteiger partial charge in [0.15, 0.2) is 40.2 Å². The molecule has 46 heavy (non-hydrogen) atoms. The SMILES string of the molecule is O=C(C=Cc1cc(O)c(O)c2ccc(-c3cc(O)c(O)cc3-c3cccc(O)c3)cc12)OC(Cc1cc(O)c(O)c(O)c1)C(=O)O. The second-order valence-corrected chi connectivity index (χ2v) is 10.3. The quantitative estimate of drug-likeness (QED) is 0.0625. The lowest BCUT2D eigenvalue weighted by Crippen LogP contribution is -2.28. The minimum atomic E-state index is -1.74. The summed E-state index contributed by atoms with van der Waals surface area (Å²) in [5, 5.41) is 90.5. The first-order valence-corrected chi connectivity index (χ1v) is 13.5. The highest BCUT2D eigenvalue weighted by atomic mass is 16.6. The molecule has 0 aliphatic rings. The number of carbonyl (C=O) groups excluding carboxylic acids is 1. The number of esters is 1. The fourth-order valence-electron chi connectivity index (χ4n) is 4.96. The highest BCUT2D eigenvalue weighted by Crippen LogP contribution is 2.44. The van der Waals surface area contributed by atoms with E-state index in [1.54, 1.807) is 24.3 Å². The normalized spacial score (nSPS) is 11.9. The predicted molar refractivity (Wildman–Crippen MR) is 165 cm³/mol. The molecule has 0 aliphatic heterocycles. The lowest BCUT2D eigenvalue weighted by Gasteiger charge is -2.15. The van der Waals surface area contributed by atoms with Gasteiger partial charge in [-0.2, -0.15) is 0 Å². The van der Waals surface area contributed by atoms with Crippen molar-refractivity contribution in [2.75, 3.05) is 0 Å². The van der Waals surface area contributed by atoms with Crippen LogP contribution in [0.2, 0.25) is 0 Å². The molecular formula is C34H26O12. The van der Waals surface area contributed by atoms with Gasteiger partial charge in [0.05, 0.1) is 0 Å². The first kappa shape index (κ1) is 30.9.